The summed E-state index contributed by atoms with van der Waals surface area (Å²) >= 11 is 0. The average Bonchev–Trinajstić information content (AvgIpc) is 3.11. The van der Waals surface area contributed by atoms with E-state index in [1.807, 2.05) is 54.7 Å². The van der Waals surface area contributed by atoms with Gasteiger partial charge >= 0.3 is 0 Å². The highest BCUT2D eigenvalue weighted by molar-refractivity contribution is 5.60. The van der Waals surface area contributed by atoms with Crippen molar-refractivity contribution in [2.24, 2.45) is 0 Å². The number of fused-ring (bicyclic) bond motifs is 1. The third-order valence-corrected chi connectivity index (χ3v) is 5.02. The molecule has 0 unspecified atom stereocenters. The number of nitrogens with one attached hydrogen (secondary N) is 1. The Labute approximate surface area is 173 Å². The summed E-state index contributed by atoms with van der Waals surface area (Å²) in [5, 5.41) is 0. The average molecular weight is 393 g/mol. The molecule has 0 spiro atoms. The zero-order valence-electron chi connectivity index (χ0n) is 16.2. The third-order valence-electron chi connectivity index (χ3n) is 5.02. The molecule has 3 aromatic rings. The highest BCUT2D eigenvalue weighted by Crippen LogP contribution is 2.23. The first kappa shape index (κ1) is 18.0. The maximum Gasteiger partial charge on any atom is 0.278 e. The number of imidazole rings is 1. The molecule has 1 N–H and O–H groups in total. The molecule has 0 amide bonds. The van der Waals surface area contributed by atoms with Gasteiger partial charge in [-0.1, -0.05) is 60.7 Å². The summed E-state index contributed by atoms with van der Waals surface area (Å²) in [6.45, 7) is 0. The summed E-state index contributed by atoms with van der Waals surface area (Å²) in [7, 11) is 0. The Kier molecular flexibility index (Phi) is 4.65. The Bertz CT molecular complexity index is 1290. The SMILES string of the molecule is O=c1c(Cc2cnccn2)nc2c(Cc3ccccc3)[nH]c(-c3ccccc3)cn1-2. The number of aromatic amines is 1. The maximum absolute atomic E-state index is 13.2. The molecular formula is C24H19N5O. The van der Waals surface area contributed by atoms with Crippen LogP contribution in [0.3, 0.4) is 0 Å². The zero-order valence-corrected chi connectivity index (χ0v) is 16.2. The second-order valence-electron chi connectivity index (χ2n) is 7.11. The molecule has 30 heavy (non-hydrogen) atoms. The van der Waals surface area contributed by atoms with E-state index < -0.39 is 0 Å². The second-order valence-corrected chi connectivity index (χ2v) is 7.11. The van der Waals surface area contributed by atoms with E-state index in [9.17, 15) is 4.79 Å². The molecule has 2 aliphatic rings. The van der Waals surface area contributed by atoms with E-state index in [-0.39, 0.29) is 5.56 Å². The lowest BCUT2D eigenvalue weighted by Crippen LogP contribution is -2.18. The number of hydrogen-bond acceptors (Lipinski definition) is 4. The summed E-state index contributed by atoms with van der Waals surface area (Å²) < 4.78 is 1.64. The molecule has 146 valence electrons. The summed E-state index contributed by atoms with van der Waals surface area (Å²) in [5.41, 5.74) is 4.97. The Balaban J connectivity index is 1.65. The van der Waals surface area contributed by atoms with Gasteiger partial charge in [0.25, 0.3) is 5.56 Å². The van der Waals surface area contributed by atoms with Crippen LogP contribution in [0.1, 0.15) is 22.6 Å². The van der Waals surface area contributed by atoms with Crippen LogP contribution < -0.4 is 5.56 Å². The molecule has 0 bridgehead atoms. The van der Waals surface area contributed by atoms with Crippen molar-refractivity contribution in [3.05, 3.63) is 118 Å². The van der Waals surface area contributed by atoms with Crippen molar-refractivity contribution in [1.29, 1.82) is 0 Å². The van der Waals surface area contributed by atoms with Crippen LogP contribution in [0.25, 0.3) is 17.1 Å². The van der Waals surface area contributed by atoms with Crippen molar-refractivity contribution in [1.82, 2.24) is 24.5 Å². The van der Waals surface area contributed by atoms with Crippen LogP contribution in [0, 0.1) is 0 Å². The topological polar surface area (TPSA) is 76.5 Å². The fourth-order valence-corrected chi connectivity index (χ4v) is 3.57. The van der Waals surface area contributed by atoms with E-state index in [0.29, 0.717) is 24.4 Å². The van der Waals surface area contributed by atoms with E-state index in [4.69, 9.17) is 0 Å². The van der Waals surface area contributed by atoms with E-state index in [1.54, 1.807) is 23.2 Å². The standard InChI is InChI=1S/C24H19N5O/c30-24-21(14-19-15-25-11-12-26-19)28-23-20(13-17-7-3-1-4-8-17)27-22(16-29(23)24)18-9-5-2-6-10-18/h1-12,15-16,27H,13-14H2. The first-order valence-corrected chi connectivity index (χ1v) is 9.75. The number of nitrogens with zero attached hydrogens (tertiary/aromatic N) is 4. The molecule has 0 saturated carbocycles. The molecule has 0 fully saturated rings. The Morgan fingerprint density at radius 3 is 2.40 bits per heavy atom. The van der Waals surface area contributed by atoms with E-state index >= 15 is 0 Å². The molecule has 1 aromatic heterocycles. The lowest BCUT2D eigenvalue weighted by Gasteiger charge is -2.13. The summed E-state index contributed by atoms with van der Waals surface area (Å²) in [6.07, 6.45) is 7.72. The predicted octanol–water partition coefficient (Wildman–Crippen LogP) is 3.64. The van der Waals surface area contributed by atoms with Crippen LogP contribution in [0.5, 0.6) is 0 Å². The Morgan fingerprint density at radius 2 is 1.67 bits per heavy atom. The van der Waals surface area contributed by atoms with Crippen LogP contribution >= 0.6 is 0 Å². The van der Waals surface area contributed by atoms with Crippen molar-refractivity contribution < 1.29 is 0 Å². The number of benzene rings is 2. The third kappa shape index (κ3) is 3.51. The molecule has 2 aliphatic heterocycles. The van der Waals surface area contributed by atoms with Gasteiger partial charge in [-0.2, -0.15) is 0 Å². The fourth-order valence-electron chi connectivity index (χ4n) is 3.57. The van der Waals surface area contributed by atoms with Gasteiger partial charge in [-0.25, -0.2) is 4.98 Å². The van der Waals surface area contributed by atoms with Crippen molar-refractivity contribution in [3.63, 3.8) is 0 Å². The predicted molar refractivity (Wildman–Crippen MR) is 115 cm³/mol. The first-order chi connectivity index (χ1) is 14.8. The minimum absolute atomic E-state index is 0.129. The summed E-state index contributed by atoms with van der Waals surface area (Å²) in [4.78, 5) is 29.7. The lowest BCUT2D eigenvalue weighted by atomic mass is 10.1. The molecule has 2 aromatic carbocycles. The highest BCUT2D eigenvalue weighted by atomic mass is 16.1. The van der Waals surface area contributed by atoms with E-state index in [0.717, 1.165) is 28.2 Å². The van der Waals surface area contributed by atoms with Crippen LogP contribution in [-0.4, -0.2) is 24.5 Å². The van der Waals surface area contributed by atoms with Gasteiger partial charge < -0.3 is 4.98 Å². The summed E-state index contributed by atoms with van der Waals surface area (Å²) in [6, 6.07) is 20.1. The quantitative estimate of drug-likeness (QED) is 0.495. The lowest BCUT2D eigenvalue weighted by molar-refractivity contribution is 0.914. The molecule has 3 heterocycles. The second kappa shape index (κ2) is 7.75. The van der Waals surface area contributed by atoms with Gasteiger partial charge in [-0.05, 0) is 11.1 Å². The van der Waals surface area contributed by atoms with Crippen LogP contribution in [0.4, 0.5) is 0 Å². The van der Waals surface area contributed by atoms with Crippen LogP contribution in [0.2, 0.25) is 0 Å². The molecular weight excluding hydrogens is 374 g/mol. The fraction of sp³-hybridized carbons (Fsp3) is 0.0833. The number of aromatic nitrogens is 5. The zero-order chi connectivity index (χ0) is 20.3. The number of hydrogen-bond donors (Lipinski definition) is 1. The van der Waals surface area contributed by atoms with Gasteiger partial charge in [0.1, 0.15) is 5.69 Å². The van der Waals surface area contributed by atoms with Crippen LogP contribution in [0.15, 0.2) is 90.2 Å². The van der Waals surface area contributed by atoms with Crippen molar-refractivity contribution >= 4 is 0 Å². The molecule has 6 nitrogen and oxygen atoms in total. The largest absolute Gasteiger partial charge is 0.354 e. The molecule has 0 aliphatic carbocycles. The maximum atomic E-state index is 13.2. The number of rotatable bonds is 5. The molecule has 6 heteroatoms. The van der Waals surface area contributed by atoms with Gasteiger partial charge in [0.2, 0.25) is 0 Å². The van der Waals surface area contributed by atoms with E-state index in [2.05, 4.69) is 32.1 Å². The highest BCUT2D eigenvalue weighted by Gasteiger charge is 2.20. The molecule has 0 saturated heterocycles. The number of H-pyrrole nitrogens is 1. The first-order valence-electron chi connectivity index (χ1n) is 9.75. The van der Waals surface area contributed by atoms with Gasteiger partial charge in [0.05, 0.1) is 17.1 Å². The summed E-state index contributed by atoms with van der Waals surface area (Å²) in [5.74, 6) is 0.641. The smallest absolute Gasteiger partial charge is 0.278 e. The molecule has 0 radical (unpaired) electrons. The van der Waals surface area contributed by atoms with Gasteiger partial charge in [-0.3, -0.25) is 19.3 Å². The molecule has 5 rings (SSSR count). The normalized spacial score (nSPS) is 11.1. The van der Waals surface area contributed by atoms with Crippen molar-refractivity contribution in [3.8, 4) is 17.1 Å². The van der Waals surface area contributed by atoms with Gasteiger partial charge in [-0.15, -0.1) is 0 Å². The van der Waals surface area contributed by atoms with Crippen molar-refractivity contribution in [2.75, 3.05) is 0 Å². The van der Waals surface area contributed by atoms with Gasteiger partial charge in [0, 0.05) is 37.6 Å². The van der Waals surface area contributed by atoms with E-state index in [1.165, 1.54) is 0 Å². The molecule has 0 atom stereocenters. The van der Waals surface area contributed by atoms with Crippen molar-refractivity contribution in [2.45, 2.75) is 12.8 Å². The van der Waals surface area contributed by atoms with Gasteiger partial charge in [0.15, 0.2) is 5.82 Å². The van der Waals surface area contributed by atoms with Crippen LogP contribution in [-0.2, 0) is 12.8 Å². The Morgan fingerprint density at radius 1 is 0.900 bits per heavy atom. The Hall–Kier alpha value is -4.06. The monoisotopic (exact) mass is 393 g/mol. The minimum Gasteiger partial charge on any atom is -0.354 e. The minimum atomic E-state index is -0.129.